The fraction of sp³-hybridized carbons (Fsp3) is 0.167. The molecule has 0 spiro atoms. The lowest BCUT2D eigenvalue weighted by Crippen LogP contribution is -2.02. The zero-order valence-electron chi connectivity index (χ0n) is 5.44. The highest BCUT2D eigenvalue weighted by Crippen LogP contribution is 2.00. The first-order valence-corrected chi connectivity index (χ1v) is 2.73. The molecule has 1 aromatic rings. The Morgan fingerprint density at radius 3 is 3.00 bits per heavy atom. The van der Waals surface area contributed by atoms with Gasteiger partial charge in [-0.1, -0.05) is 0 Å². The van der Waals surface area contributed by atoms with Crippen molar-refractivity contribution in [1.82, 2.24) is 9.97 Å². The van der Waals surface area contributed by atoms with Crippen LogP contribution in [0.5, 0.6) is 5.88 Å². The van der Waals surface area contributed by atoms with E-state index in [1.165, 1.54) is 25.5 Å². The summed E-state index contributed by atoms with van der Waals surface area (Å²) in [5.41, 5.74) is 0. The summed E-state index contributed by atoms with van der Waals surface area (Å²) in [6, 6.07) is 1.52. The highest BCUT2D eigenvalue weighted by molar-refractivity contribution is 5.68. The molecule has 4 nitrogen and oxygen atoms in total. The fourth-order valence-electron chi connectivity index (χ4n) is 0.486. The van der Waals surface area contributed by atoms with Crippen LogP contribution in [-0.2, 0) is 4.79 Å². The maximum absolute atomic E-state index is 10.3. The molecule has 0 bridgehead atoms. The molecule has 1 aromatic heterocycles. The lowest BCUT2D eigenvalue weighted by Gasteiger charge is -1.95. The minimum Gasteiger partial charge on any atom is -0.408 e. The van der Waals surface area contributed by atoms with Crippen molar-refractivity contribution in [1.29, 1.82) is 0 Å². The monoisotopic (exact) mass is 138 g/mol. The van der Waals surface area contributed by atoms with Crippen LogP contribution in [0.25, 0.3) is 0 Å². The summed E-state index contributed by atoms with van der Waals surface area (Å²) in [6.07, 6.45) is 2.82. The lowest BCUT2D eigenvalue weighted by atomic mass is 10.6. The molecule has 0 fully saturated rings. The number of ether oxygens (including phenoxy) is 1. The molecule has 0 aromatic carbocycles. The van der Waals surface area contributed by atoms with Crippen molar-refractivity contribution < 1.29 is 9.53 Å². The molecule has 10 heavy (non-hydrogen) atoms. The molecule has 1 rings (SSSR count). The number of nitrogens with zero attached hydrogens (tertiary/aromatic N) is 2. The van der Waals surface area contributed by atoms with E-state index in [-0.39, 0.29) is 11.8 Å². The maximum atomic E-state index is 10.3. The fourth-order valence-corrected chi connectivity index (χ4v) is 0.486. The molecule has 0 unspecified atom stereocenters. The van der Waals surface area contributed by atoms with E-state index < -0.39 is 0 Å². The third-order valence-corrected chi connectivity index (χ3v) is 0.803. The number of carbonyl (C=O) groups excluding carboxylic acids is 1. The Balaban J connectivity index is 2.67. The third-order valence-electron chi connectivity index (χ3n) is 0.803. The standard InChI is InChI=1S/C6H6N2O2/c1-5(9)10-6-2-3-7-4-8-6/h2-4H,1H3. The van der Waals surface area contributed by atoms with E-state index in [0.717, 1.165) is 0 Å². The van der Waals surface area contributed by atoms with Gasteiger partial charge in [-0.2, -0.15) is 0 Å². The third kappa shape index (κ3) is 1.81. The van der Waals surface area contributed by atoms with Crippen molar-refractivity contribution in [3.8, 4) is 5.88 Å². The predicted molar refractivity (Wildman–Crippen MR) is 33.3 cm³/mol. The number of aromatic nitrogens is 2. The lowest BCUT2D eigenvalue weighted by molar-refractivity contribution is -0.132. The van der Waals surface area contributed by atoms with Crippen LogP contribution in [-0.4, -0.2) is 15.9 Å². The summed E-state index contributed by atoms with van der Waals surface area (Å²) in [5, 5.41) is 0. The van der Waals surface area contributed by atoms with E-state index in [2.05, 4.69) is 14.7 Å². The molecular formula is C6H6N2O2. The smallest absolute Gasteiger partial charge is 0.309 e. The molecule has 0 aliphatic heterocycles. The van der Waals surface area contributed by atoms with Gasteiger partial charge in [0.25, 0.3) is 0 Å². The summed E-state index contributed by atoms with van der Waals surface area (Å²) in [4.78, 5) is 17.6. The van der Waals surface area contributed by atoms with Crippen molar-refractivity contribution in [3.63, 3.8) is 0 Å². The molecule has 1 heterocycles. The predicted octanol–water partition coefficient (Wildman–Crippen LogP) is 0.402. The van der Waals surface area contributed by atoms with Crippen LogP contribution in [0, 0.1) is 0 Å². The van der Waals surface area contributed by atoms with Crippen LogP contribution in [0.1, 0.15) is 6.92 Å². The first-order valence-electron chi connectivity index (χ1n) is 2.73. The first-order chi connectivity index (χ1) is 4.79. The van der Waals surface area contributed by atoms with Gasteiger partial charge in [-0.15, -0.1) is 0 Å². The van der Waals surface area contributed by atoms with Crippen molar-refractivity contribution in [3.05, 3.63) is 18.6 Å². The van der Waals surface area contributed by atoms with Crippen LogP contribution in [0.15, 0.2) is 18.6 Å². The topological polar surface area (TPSA) is 52.1 Å². The Morgan fingerprint density at radius 1 is 1.70 bits per heavy atom. The Morgan fingerprint density at radius 2 is 2.50 bits per heavy atom. The number of hydrogen-bond donors (Lipinski definition) is 0. The Labute approximate surface area is 57.9 Å². The second-order valence-corrected chi connectivity index (χ2v) is 1.64. The summed E-state index contributed by atoms with van der Waals surface area (Å²) >= 11 is 0. The number of carbonyl (C=O) groups is 1. The first kappa shape index (κ1) is 6.67. The van der Waals surface area contributed by atoms with Gasteiger partial charge in [-0.3, -0.25) is 4.79 Å². The minimum atomic E-state index is -0.376. The van der Waals surface area contributed by atoms with Crippen LogP contribution < -0.4 is 4.74 Å². The molecule has 52 valence electrons. The van der Waals surface area contributed by atoms with Gasteiger partial charge in [0.15, 0.2) is 0 Å². The van der Waals surface area contributed by atoms with E-state index in [1.54, 1.807) is 0 Å². The molecule has 4 heteroatoms. The molecular weight excluding hydrogens is 132 g/mol. The van der Waals surface area contributed by atoms with Gasteiger partial charge in [0.1, 0.15) is 6.33 Å². The number of esters is 1. The number of rotatable bonds is 1. The van der Waals surface area contributed by atoms with E-state index in [0.29, 0.717) is 0 Å². The van der Waals surface area contributed by atoms with Crippen molar-refractivity contribution in [2.75, 3.05) is 0 Å². The van der Waals surface area contributed by atoms with Crippen molar-refractivity contribution in [2.24, 2.45) is 0 Å². The molecule has 0 atom stereocenters. The molecule has 0 saturated carbocycles. The minimum absolute atomic E-state index is 0.280. The van der Waals surface area contributed by atoms with Gasteiger partial charge in [-0.05, 0) is 0 Å². The quantitative estimate of drug-likeness (QED) is 0.527. The summed E-state index contributed by atoms with van der Waals surface area (Å²) in [6.45, 7) is 1.32. The zero-order chi connectivity index (χ0) is 7.40. The maximum Gasteiger partial charge on any atom is 0.309 e. The van der Waals surface area contributed by atoms with Gasteiger partial charge in [0, 0.05) is 19.2 Å². The van der Waals surface area contributed by atoms with E-state index in [1.807, 2.05) is 0 Å². The molecule has 0 saturated heterocycles. The molecule has 0 amide bonds. The average molecular weight is 138 g/mol. The van der Waals surface area contributed by atoms with Crippen LogP contribution >= 0.6 is 0 Å². The zero-order valence-corrected chi connectivity index (χ0v) is 5.44. The normalized spacial score (nSPS) is 8.90. The van der Waals surface area contributed by atoms with E-state index >= 15 is 0 Å². The van der Waals surface area contributed by atoms with Crippen molar-refractivity contribution >= 4 is 5.97 Å². The van der Waals surface area contributed by atoms with Gasteiger partial charge < -0.3 is 4.74 Å². The summed E-state index contributed by atoms with van der Waals surface area (Å²) < 4.78 is 4.62. The SMILES string of the molecule is CC(=O)Oc1ccncn1. The Kier molecular flexibility index (Phi) is 1.94. The average Bonchev–Trinajstić information content (AvgIpc) is 1.88. The van der Waals surface area contributed by atoms with Crippen molar-refractivity contribution in [2.45, 2.75) is 6.92 Å². The van der Waals surface area contributed by atoms with Gasteiger partial charge in [-0.25, -0.2) is 9.97 Å². The van der Waals surface area contributed by atoms with Crippen LogP contribution in [0.2, 0.25) is 0 Å². The highest BCUT2D eigenvalue weighted by atomic mass is 16.5. The largest absolute Gasteiger partial charge is 0.408 e. The van der Waals surface area contributed by atoms with Crippen LogP contribution in [0.4, 0.5) is 0 Å². The molecule has 0 aliphatic carbocycles. The van der Waals surface area contributed by atoms with Crippen LogP contribution in [0.3, 0.4) is 0 Å². The highest BCUT2D eigenvalue weighted by Gasteiger charge is 1.95. The molecule has 0 N–H and O–H groups in total. The second-order valence-electron chi connectivity index (χ2n) is 1.64. The second kappa shape index (κ2) is 2.91. The van der Waals surface area contributed by atoms with Gasteiger partial charge in [0.2, 0.25) is 5.88 Å². The number of hydrogen-bond acceptors (Lipinski definition) is 4. The van der Waals surface area contributed by atoms with E-state index in [9.17, 15) is 4.79 Å². The van der Waals surface area contributed by atoms with Gasteiger partial charge in [0.05, 0.1) is 0 Å². The van der Waals surface area contributed by atoms with E-state index in [4.69, 9.17) is 0 Å². The Hall–Kier alpha value is -1.45. The molecule has 0 radical (unpaired) electrons. The van der Waals surface area contributed by atoms with Gasteiger partial charge >= 0.3 is 5.97 Å². The molecule has 0 aliphatic rings. The Bertz CT molecular complexity index is 222. The summed E-state index contributed by atoms with van der Waals surface area (Å²) in [5.74, 6) is -0.0961. The summed E-state index contributed by atoms with van der Waals surface area (Å²) in [7, 11) is 0.